The highest BCUT2D eigenvalue weighted by molar-refractivity contribution is 7.80. The van der Waals surface area contributed by atoms with Crippen LogP contribution < -0.4 is 10.6 Å². The van der Waals surface area contributed by atoms with Gasteiger partial charge >= 0.3 is 0 Å². The van der Waals surface area contributed by atoms with Gasteiger partial charge in [0.05, 0.1) is 5.69 Å². The highest BCUT2D eigenvalue weighted by Gasteiger charge is 2.25. The van der Waals surface area contributed by atoms with E-state index in [4.69, 9.17) is 18.0 Å². The molecule has 1 rings (SSSR count). The number of thiocarbonyl (C=S) groups is 1. The second-order valence-corrected chi connectivity index (χ2v) is 6.12. The van der Waals surface area contributed by atoms with Crippen LogP contribution in [0.25, 0.3) is 0 Å². The van der Waals surface area contributed by atoms with Crippen LogP contribution in [0.5, 0.6) is 0 Å². The van der Waals surface area contributed by atoms with E-state index in [2.05, 4.69) is 27.7 Å². The van der Waals surface area contributed by atoms with Crippen molar-refractivity contribution in [3.8, 4) is 0 Å². The quantitative estimate of drug-likeness (QED) is 0.853. The number of benzene rings is 1. The van der Waals surface area contributed by atoms with Crippen molar-refractivity contribution < 1.29 is 4.39 Å². The van der Waals surface area contributed by atoms with Crippen molar-refractivity contribution in [2.24, 2.45) is 11.1 Å². The predicted molar refractivity (Wildman–Crippen MR) is 79.6 cm³/mol. The smallest absolute Gasteiger partial charge is 0.147 e. The zero-order valence-corrected chi connectivity index (χ0v) is 12.4. The van der Waals surface area contributed by atoms with Gasteiger partial charge in [0.15, 0.2) is 0 Å². The van der Waals surface area contributed by atoms with E-state index in [0.717, 1.165) is 0 Å². The molecule has 0 amide bonds. The number of halogens is 1. The molecular formula is C14H21FN2S. The van der Waals surface area contributed by atoms with Gasteiger partial charge < -0.3 is 10.6 Å². The Morgan fingerprint density at radius 3 is 2.33 bits per heavy atom. The van der Waals surface area contributed by atoms with Gasteiger partial charge in [-0.15, -0.1) is 0 Å². The number of hydrogen-bond acceptors (Lipinski definition) is 2. The summed E-state index contributed by atoms with van der Waals surface area (Å²) in [7, 11) is 1.90. The summed E-state index contributed by atoms with van der Waals surface area (Å²) in [6.45, 7) is 8.49. The molecule has 1 unspecified atom stereocenters. The third-order valence-electron chi connectivity index (χ3n) is 3.45. The van der Waals surface area contributed by atoms with Gasteiger partial charge in [0.2, 0.25) is 0 Å². The number of hydrogen-bond donors (Lipinski definition) is 1. The zero-order chi connectivity index (χ0) is 14.1. The molecule has 2 N–H and O–H groups in total. The fourth-order valence-corrected chi connectivity index (χ4v) is 1.86. The molecule has 18 heavy (non-hydrogen) atoms. The minimum Gasteiger partial charge on any atom is -0.389 e. The lowest BCUT2D eigenvalue weighted by molar-refractivity contribution is 0.328. The van der Waals surface area contributed by atoms with Crippen LogP contribution in [0.2, 0.25) is 0 Å². The van der Waals surface area contributed by atoms with E-state index in [1.165, 1.54) is 6.07 Å². The maximum atomic E-state index is 14.1. The van der Waals surface area contributed by atoms with Crippen LogP contribution >= 0.6 is 12.2 Å². The van der Waals surface area contributed by atoms with Crippen LogP contribution in [-0.2, 0) is 0 Å². The fourth-order valence-electron chi connectivity index (χ4n) is 1.74. The van der Waals surface area contributed by atoms with Crippen molar-refractivity contribution >= 4 is 22.9 Å². The molecule has 0 saturated carbocycles. The molecule has 0 bridgehead atoms. The van der Waals surface area contributed by atoms with Gasteiger partial charge in [-0.25, -0.2) is 4.39 Å². The van der Waals surface area contributed by atoms with Crippen LogP contribution in [0.4, 0.5) is 10.1 Å². The van der Waals surface area contributed by atoms with E-state index >= 15 is 0 Å². The van der Waals surface area contributed by atoms with E-state index in [1.54, 1.807) is 12.1 Å². The average molecular weight is 268 g/mol. The monoisotopic (exact) mass is 268 g/mol. The lowest BCUT2D eigenvalue weighted by atomic mass is 9.87. The molecule has 0 aliphatic heterocycles. The van der Waals surface area contributed by atoms with Gasteiger partial charge in [-0.1, -0.05) is 33.0 Å². The van der Waals surface area contributed by atoms with Gasteiger partial charge in [0.1, 0.15) is 10.8 Å². The fraction of sp³-hybridized carbons (Fsp3) is 0.500. The second kappa shape index (κ2) is 5.22. The molecule has 0 heterocycles. The summed E-state index contributed by atoms with van der Waals surface area (Å²) in [5.74, 6) is -0.293. The first kappa shape index (κ1) is 14.9. The van der Waals surface area contributed by atoms with E-state index < -0.39 is 0 Å². The van der Waals surface area contributed by atoms with Crippen molar-refractivity contribution in [1.29, 1.82) is 0 Å². The third-order valence-corrected chi connectivity index (χ3v) is 3.68. The summed E-state index contributed by atoms with van der Waals surface area (Å²) in [6, 6.07) is 5.09. The second-order valence-electron chi connectivity index (χ2n) is 5.68. The minimum absolute atomic E-state index is 0.0725. The van der Waals surface area contributed by atoms with Crippen LogP contribution in [-0.4, -0.2) is 18.1 Å². The first-order chi connectivity index (χ1) is 8.14. The Labute approximate surface area is 114 Å². The molecule has 4 heteroatoms. The normalized spacial score (nSPS) is 13.2. The Kier molecular flexibility index (Phi) is 4.32. The molecule has 0 aromatic heterocycles. The highest BCUT2D eigenvalue weighted by atomic mass is 32.1. The highest BCUT2D eigenvalue weighted by Crippen LogP contribution is 2.29. The van der Waals surface area contributed by atoms with E-state index in [0.29, 0.717) is 11.3 Å². The van der Waals surface area contributed by atoms with Crippen molar-refractivity contribution in [3.63, 3.8) is 0 Å². The van der Waals surface area contributed by atoms with Gasteiger partial charge in [-0.2, -0.15) is 0 Å². The molecule has 0 aliphatic carbocycles. The van der Waals surface area contributed by atoms with Crippen LogP contribution in [0.1, 0.15) is 33.3 Å². The molecule has 100 valence electrons. The Balaban J connectivity index is 3.08. The zero-order valence-electron chi connectivity index (χ0n) is 11.6. The molecule has 2 nitrogen and oxygen atoms in total. The van der Waals surface area contributed by atoms with Crippen LogP contribution in [0.15, 0.2) is 18.2 Å². The van der Waals surface area contributed by atoms with Crippen molar-refractivity contribution in [2.75, 3.05) is 11.9 Å². The molecular weight excluding hydrogens is 247 g/mol. The summed E-state index contributed by atoms with van der Waals surface area (Å²) in [6.07, 6.45) is 0. The first-order valence-corrected chi connectivity index (χ1v) is 6.37. The third kappa shape index (κ3) is 3.19. The first-order valence-electron chi connectivity index (χ1n) is 5.96. The Morgan fingerprint density at radius 1 is 1.39 bits per heavy atom. The van der Waals surface area contributed by atoms with Gasteiger partial charge in [0.25, 0.3) is 0 Å². The van der Waals surface area contributed by atoms with E-state index in [-0.39, 0.29) is 22.3 Å². The number of nitrogens with two attached hydrogens (primary N) is 1. The number of anilines is 1. The molecule has 1 atom stereocenters. The number of rotatable bonds is 3. The maximum Gasteiger partial charge on any atom is 0.147 e. The lowest BCUT2D eigenvalue weighted by Gasteiger charge is -2.37. The summed E-state index contributed by atoms with van der Waals surface area (Å²) in [5.41, 5.74) is 6.69. The summed E-state index contributed by atoms with van der Waals surface area (Å²) in [5, 5.41) is 0. The van der Waals surface area contributed by atoms with Gasteiger partial charge in [0, 0.05) is 18.7 Å². The van der Waals surface area contributed by atoms with Crippen molar-refractivity contribution in [2.45, 2.75) is 33.7 Å². The average Bonchev–Trinajstić information content (AvgIpc) is 2.25. The van der Waals surface area contributed by atoms with E-state index in [1.807, 2.05) is 11.9 Å². The Morgan fingerprint density at radius 2 is 1.94 bits per heavy atom. The topological polar surface area (TPSA) is 29.3 Å². The standard InChI is InChI=1S/C14H21FN2S/c1-9(14(2,3)4)17(5)12-7-6-10(13(16)18)8-11(12)15/h6-9H,1-5H3,(H2,16,18). The van der Waals surface area contributed by atoms with Crippen LogP contribution in [0, 0.1) is 11.2 Å². The van der Waals surface area contributed by atoms with Crippen molar-refractivity contribution in [3.05, 3.63) is 29.6 Å². The summed E-state index contributed by atoms with van der Waals surface area (Å²) < 4.78 is 14.1. The summed E-state index contributed by atoms with van der Waals surface area (Å²) in [4.78, 5) is 2.16. The van der Waals surface area contributed by atoms with Gasteiger partial charge in [-0.05, 0) is 30.5 Å². The lowest BCUT2D eigenvalue weighted by Crippen LogP contribution is -2.39. The van der Waals surface area contributed by atoms with E-state index in [9.17, 15) is 4.39 Å². The molecule has 0 fully saturated rings. The Bertz CT molecular complexity index is 452. The molecule has 0 aliphatic rings. The number of nitrogens with zero attached hydrogens (tertiary/aromatic N) is 1. The molecule has 1 aromatic carbocycles. The van der Waals surface area contributed by atoms with Gasteiger partial charge in [-0.3, -0.25) is 0 Å². The maximum absolute atomic E-state index is 14.1. The van der Waals surface area contributed by atoms with Crippen LogP contribution in [0.3, 0.4) is 0 Å². The molecule has 0 saturated heterocycles. The minimum atomic E-state index is -0.293. The predicted octanol–water partition coefficient (Wildman–Crippen LogP) is 3.33. The SMILES string of the molecule is CC(N(C)c1ccc(C(N)=S)cc1F)C(C)(C)C. The van der Waals surface area contributed by atoms with Crippen molar-refractivity contribution in [1.82, 2.24) is 0 Å². The summed E-state index contributed by atoms with van der Waals surface area (Å²) >= 11 is 4.84. The molecule has 0 spiro atoms. The molecule has 1 aromatic rings. The largest absolute Gasteiger partial charge is 0.389 e. The Hall–Kier alpha value is -1.16. The molecule has 0 radical (unpaired) electrons.